The number of rotatable bonds is 3. The second kappa shape index (κ2) is 7.25. The lowest BCUT2D eigenvalue weighted by Crippen LogP contribution is -2.48. The largest absolute Gasteiger partial charge is 0.368 e. The van der Waals surface area contributed by atoms with Gasteiger partial charge in [-0.05, 0) is 37.1 Å². The van der Waals surface area contributed by atoms with E-state index in [1.165, 1.54) is 16.8 Å². The van der Waals surface area contributed by atoms with Crippen LogP contribution in [0.2, 0.25) is 0 Å². The van der Waals surface area contributed by atoms with Gasteiger partial charge in [0, 0.05) is 50.3 Å². The fourth-order valence-electron chi connectivity index (χ4n) is 2.90. The van der Waals surface area contributed by atoms with Crippen molar-refractivity contribution in [1.29, 1.82) is 0 Å². The minimum absolute atomic E-state index is 0.0290. The van der Waals surface area contributed by atoms with E-state index in [4.69, 9.17) is 0 Å². The van der Waals surface area contributed by atoms with Crippen LogP contribution >= 0.6 is 0 Å². The quantitative estimate of drug-likeness (QED) is 0.815. The summed E-state index contributed by atoms with van der Waals surface area (Å²) in [6.45, 7) is 7.47. The van der Waals surface area contributed by atoms with Gasteiger partial charge in [-0.1, -0.05) is 12.1 Å². The van der Waals surface area contributed by atoms with Crippen LogP contribution in [0.1, 0.15) is 16.8 Å². The van der Waals surface area contributed by atoms with Crippen LogP contribution in [0.15, 0.2) is 42.9 Å². The van der Waals surface area contributed by atoms with Crippen LogP contribution in [0.5, 0.6) is 0 Å². The summed E-state index contributed by atoms with van der Waals surface area (Å²) < 4.78 is 0. The molecule has 0 radical (unpaired) electrons. The molecule has 24 heavy (non-hydrogen) atoms. The average Bonchev–Trinajstić information content (AvgIpc) is 2.63. The molecular formula is C19H22N4O. The molecule has 0 atom stereocenters. The molecule has 3 rings (SSSR count). The Morgan fingerprint density at radius 1 is 1.12 bits per heavy atom. The summed E-state index contributed by atoms with van der Waals surface area (Å²) in [6.07, 6.45) is 8.17. The third-order valence-corrected chi connectivity index (χ3v) is 4.49. The van der Waals surface area contributed by atoms with E-state index >= 15 is 0 Å². The number of amides is 1. The number of hydrogen-bond donors (Lipinski definition) is 0. The summed E-state index contributed by atoms with van der Waals surface area (Å²) in [6, 6.07) is 6.39. The van der Waals surface area contributed by atoms with Crippen molar-refractivity contribution in [3.05, 3.63) is 59.7 Å². The van der Waals surface area contributed by atoms with E-state index in [0.29, 0.717) is 5.69 Å². The zero-order chi connectivity index (χ0) is 16.9. The third-order valence-electron chi connectivity index (χ3n) is 4.49. The van der Waals surface area contributed by atoms with Gasteiger partial charge >= 0.3 is 0 Å². The molecule has 1 amide bonds. The average molecular weight is 322 g/mol. The Morgan fingerprint density at radius 3 is 2.62 bits per heavy atom. The van der Waals surface area contributed by atoms with Crippen molar-refractivity contribution >= 4 is 17.7 Å². The molecule has 1 saturated heterocycles. The number of benzene rings is 1. The number of piperazine rings is 1. The standard InChI is InChI=1S/C19H22N4O/c1-15-4-3-5-18(16(15)2)22-10-12-23(13-11-22)19(24)7-6-17-14-20-8-9-21-17/h3-9,14H,10-13H2,1-2H3. The topological polar surface area (TPSA) is 49.3 Å². The van der Waals surface area contributed by atoms with Crippen molar-refractivity contribution in [2.45, 2.75) is 13.8 Å². The first-order valence-electron chi connectivity index (χ1n) is 8.19. The zero-order valence-corrected chi connectivity index (χ0v) is 14.1. The Kier molecular flexibility index (Phi) is 4.89. The maximum atomic E-state index is 12.3. The van der Waals surface area contributed by atoms with Crippen LogP contribution in [-0.4, -0.2) is 47.0 Å². The van der Waals surface area contributed by atoms with Gasteiger partial charge in [-0.3, -0.25) is 14.8 Å². The van der Waals surface area contributed by atoms with Gasteiger partial charge in [0.1, 0.15) is 0 Å². The van der Waals surface area contributed by atoms with Crippen molar-refractivity contribution < 1.29 is 4.79 Å². The monoisotopic (exact) mass is 322 g/mol. The van der Waals surface area contributed by atoms with E-state index in [-0.39, 0.29) is 5.91 Å². The van der Waals surface area contributed by atoms with E-state index in [9.17, 15) is 4.79 Å². The van der Waals surface area contributed by atoms with Crippen LogP contribution in [0.25, 0.3) is 6.08 Å². The van der Waals surface area contributed by atoms with Crippen molar-refractivity contribution in [1.82, 2.24) is 14.9 Å². The smallest absolute Gasteiger partial charge is 0.246 e. The summed E-state index contributed by atoms with van der Waals surface area (Å²) in [5, 5.41) is 0. The van der Waals surface area contributed by atoms with Crippen molar-refractivity contribution in [2.75, 3.05) is 31.1 Å². The number of aromatic nitrogens is 2. The Morgan fingerprint density at radius 2 is 1.92 bits per heavy atom. The highest BCUT2D eigenvalue weighted by atomic mass is 16.2. The first-order valence-corrected chi connectivity index (χ1v) is 8.19. The van der Waals surface area contributed by atoms with Gasteiger partial charge in [0.25, 0.3) is 0 Å². The molecule has 0 N–H and O–H groups in total. The number of nitrogens with zero attached hydrogens (tertiary/aromatic N) is 4. The summed E-state index contributed by atoms with van der Waals surface area (Å²) in [5.41, 5.74) is 4.59. The molecule has 2 heterocycles. The fraction of sp³-hybridized carbons (Fsp3) is 0.316. The number of anilines is 1. The lowest BCUT2D eigenvalue weighted by Gasteiger charge is -2.36. The lowest BCUT2D eigenvalue weighted by atomic mass is 10.1. The van der Waals surface area contributed by atoms with Crippen LogP contribution in [0.3, 0.4) is 0 Å². The highest BCUT2D eigenvalue weighted by molar-refractivity contribution is 5.91. The predicted molar refractivity (Wildman–Crippen MR) is 95.8 cm³/mol. The Bertz CT molecular complexity index is 734. The van der Waals surface area contributed by atoms with Gasteiger partial charge in [0.2, 0.25) is 5.91 Å². The first-order chi connectivity index (χ1) is 11.6. The van der Waals surface area contributed by atoms with Crippen molar-refractivity contribution in [3.63, 3.8) is 0 Å². The van der Waals surface area contributed by atoms with Gasteiger partial charge in [-0.15, -0.1) is 0 Å². The summed E-state index contributed by atoms with van der Waals surface area (Å²) in [5.74, 6) is 0.0290. The SMILES string of the molecule is Cc1cccc(N2CCN(C(=O)C=Cc3cnccn3)CC2)c1C. The zero-order valence-electron chi connectivity index (χ0n) is 14.1. The number of carbonyl (C=O) groups excluding carboxylic acids is 1. The van der Waals surface area contributed by atoms with E-state index in [2.05, 4.69) is 46.9 Å². The minimum Gasteiger partial charge on any atom is -0.368 e. The highest BCUT2D eigenvalue weighted by Crippen LogP contribution is 2.23. The molecule has 1 aromatic carbocycles. The molecule has 0 saturated carbocycles. The molecule has 0 aliphatic carbocycles. The second-order valence-electron chi connectivity index (χ2n) is 5.99. The third kappa shape index (κ3) is 3.62. The molecule has 0 unspecified atom stereocenters. The van der Waals surface area contributed by atoms with Gasteiger partial charge < -0.3 is 9.80 Å². The van der Waals surface area contributed by atoms with Gasteiger partial charge in [0.15, 0.2) is 0 Å². The Balaban J connectivity index is 1.59. The maximum absolute atomic E-state index is 12.3. The molecule has 1 fully saturated rings. The fourth-order valence-corrected chi connectivity index (χ4v) is 2.90. The number of aryl methyl sites for hydroxylation is 1. The Labute approximate surface area is 142 Å². The van der Waals surface area contributed by atoms with Gasteiger partial charge in [0.05, 0.1) is 11.9 Å². The van der Waals surface area contributed by atoms with Crippen molar-refractivity contribution in [2.24, 2.45) is 0 Å². The molecule has 1 aliphatic rings. The molecule has 5 heteroatoms. The van der Waals surface area contributed by atoms with E-state index in [1.54, 1.807) is 30.7 Å². The summed E-state index contributed by atoms with van der Waals surface area (Å²) in [7, 11) is 0. The lowest BCUT2D eigenvalue weighted by molar-refractivity contribution is -0.126. The van der Waals surface area contributed by atoms with Gasteiger partial charge in [-0.25, -0.2) is 0 Å². The molecular weight excluding hydrogens is 300 g/mol. The van der Waals surface area contributed by atoms with Crippen LogP contribution in [0.4, 0.5) is 5.69 Å². The number of carbonyl (C=O) groups is 1. The molecule has 1 aliphatic heterocycles. The van der Waals surface area contributed by atoms with Crippen LogP contribution < -0.4 is 4.90 Å². The minimum atomic E-state index is 0.0290. The maximum Gasteiger partial charge on any atom is 0.246 e. The van der Waals surface area contributed by atoms with Crippen LogP contribution in [0, 0.1) is 13.8 Å². The van der Waals surface area contributed by atoms with E-state index in [1.807, 2.05) is 4.90 Å². The first kappa shape index (κ1) is 16.2. The summed E-state index contributed by atoms with van der Waals surface area (Å²) >= 11 is 0. The molecule has 1 aromatic heterocycles. The normalized spacial score (nSPS) is 15.1. The molecule has 0 spiro atoms. The molecule has 0 bridgehead atoms. The highest BCUT2D eigenvalue weighted by Gasteiger charge is 2.20. The number of hydrogen-bond acceptors (Lipinski definition) is 4. The van der Waals surface area contributed by atoms with Crippen molar-refractivity contribution in [3.8, 4) is 0 Å². The second-order valence-corrected chi connectivity index (χ2v) is 5.99. The van der Waals surface area contributed by atoms with Gasteiger partial charge in [-0.2, -0.15) is 0 Å². The molecule has 124 valence electrons. The van der Waals surface area contributed by atoms with E-state index < -0.39 is 0 Å². The van der Waals surface area contributed by atoms with Crippen LogP contribution in [-0.2, 0) is 4.79 Å². The van der Waals surface area contributed by atoms with E-state index in [0.717, 1.165) is 26.2 Å². The molecule has 5 nitrogen and oxygen atoms in total. The predicted octanol–water partition coefficient (Wildman–Crippen LogP) is 2.46. The Hall–Kier alpha value is -2.69. The molecule has 2 aromatic rings. The summed E-state index contributed by atoms with van der Waals surface area (Å²) in [4.78, 5) is 24.7.